The predicted molar refractivity (Wildman–Crippen MR) is 118 cm³/mol. The summed E-state index contributed by atoms with van der Waals surface area (Å²) in [5.74, 6) is 1.47. The summed E-state index contributed by atoms with van der Waals surface area (Å²) in [5.41, 5.74) is 1.42. The Morgan fingerprint density at radius 1 is 1.13 bits per heavy atom. The lowest BCUT2D eigenvalue weighted by Gasteiger charge is -2.33. The molecule has 1 aliphatic carbocycles. The number of ether oxygens (including phenoxy) is 1. The van der Waals surface area contributed by atoms with Gasteiger partial charge in [-0.25, -0.2) is 18.1 Å². The van der Waals surface area contributed by atoms with Gasteiger partial charge in [-0.3, -0.25) is 0 Å². The molecule has 2 fully saturated rings. The summed E-state index contributed by atoms with van der Waals surface area (Å²) >= 11 is 0. The van der Waals surface area contributed by atoms with Gasteiger partial charge in [0.25, 0.3) is 0 Å². The average Bonchev–Trinajstić information content (AvgIpc) is 3.31. The van der Waals surface area contributed by atoms with Gasteiger partial charge >= 0.3 is 0 Å². The molecule has 1 saturated carbocycles. The summed E-state index contributed by atoms with van der Waals surface area (Å²) in [6.07, 6.45) is 10.2. The molecule has 164 valence electrons. The predicted octanol–water partition coefficient (Wildman–Crippen LogP) is 2.66. The monoisotopic (exact) mass is 432 g/mol. The van der Waals surface area contributed by atoms with Gasteiger partial charge in [0.05, 0.1) is 25.0 Å². The second kappa shape index (κ2) is 9.08. The largest absolute Gasteiger partial charge is 0.376 e. The van der Waals surface area contributed by atoms with E-state index in [9.17, 15) is 8.42 Å². The molecule has 0 amide bonds. The van der Waals surface area contributed by atoms with Crippen molar-refractivity contribution >= 4 is 16.0 Å². The van der Waals surface area contributed by atoms with Crippen LogP contribution in [0.3, 0.4) is 0 Å². The van der Waals surface area contributed by atoms with Crippen molar-refractivity contribution in [2.45, 2.75) is 56.2 Å². The van der Waals surface area contributed by atoms with Gasteiger partial charge in [0.15, 0.2) is 0 Å². The van der Waals surface area contributed by atoms with Gasteiger partial charge in [0, 0.05) is 32.0 Å². The molecule has 1 N–H and O–H groups in total. The summed E-state index contributed by atoms with van der Waals surface area (Å²) in [5, 5.41) is 0. The van der Waals surface area contributed by atoms with Gasteiger partial charge in [-0.15, -0.1) is 0 Å². The molecule has 0 unspecified atom stereocenters. The molecule has 4 rings (SSSR count). The highest BCUT2D eigenvalue weighted by Crippen LogP contribution is 2.34. The first-order chi connectivity index (χ1) is 14.4. The smallest absolute Gasteiger partial charge is 0.209 e. The van der Waals surface area contributed by atoms with Crippen LogP contribution in [0.25, 0.3) is 0 Å². The third-order valence-electron chi connectivity index (χ3n) is 6.41. The van der Waals surface area contributed by atoms with Crippen LogP contribution in [0.1, 0.15) is 43.6 Å². The van der Waals surface area contributed by atoms with E-state index in [-0.39, 0.29) is 18.2 Å². The molecule has 1 aliphatic heterocycles. The molecule has 1 aromatic carbocycles. The van der Waals surface area contributed by atoms with E-state index < -0.39 is 10.0 Å². The van der Waals surface area contributed by atoms with Crippen LogP contribution in [-0.2, 0) is 21.8 Å². The number of sulfonamides is 1. The quantitative estimate of drug-likeness (QED) is 0.728. The zero-order valence-electron chi connectivity index (χ0n) is 17.8. The minimum atomic E-state index is -3.28. The maximum atomic E-state index is 11.9. The molecule has 1 saturated heterocycles. The summed E-state index contributed by atoms with van der Waals surface area (Å²) in [6.45, 7) is 1.26. The first-order valence-electron chi connectivity index (χ1n) is 10.8. The standard InChI is InChI=1S/C22H32N4O3S/c1-25-15-13-23-22(25)26-14-12-20(24-30(2,27)28)21(26)16-29-19-10-8-18(9-11-19)17-6-4-3-5-7-17/h3-7,13,15,18-21,24H,8-12,14,16H2,1-2H3/t18?,19?,20-,21-/m0/s1. The number of imidazole rings is 1. The fraction of sp³-hybridized carbons (Fsp3) is 0.591. The lowest BCUT2D eigenvalue weighted by atomic mass is 9.83. The van der Waals surface area contributed by atoms with Gasteiger partial charge < -0.3 is 14.2 Å². The topological polar surface area (TPSA) is 76.5 Å². The normalized spacial score (nSPS) is 27.5. The van der Waals surface area contributed by atoms with Crippen molar-refractivity contribution in [3.8, 4) is 0 Å². The van der Waals surface area contributed by atoms with E-state index in [4.69, 9.17) is 4.74 Å². The van der Waals surface area contributed by atoms with Crippen LogP contribution < -0.4 is 9.62 Å². The van der Waals surface area contributed by atoms with E-state index in [0.717, 1.165) is 44.6 Å². The van der Waals surface area contributed by atoms with Crippen molar-refractivity contribution in [3.05, 3.63) is 48.3 Å². The van der Waals surface area contributed by atoms with Crippen LogP contribution in [0.2, 0.25) is 0 Å². The van der Waals surface area contributed by atoms with Crippen molar-refractivity contribution in [3.63, 3.8) is 0 Å². The molecular formula is C22H32N4O3S. The Morgan fingerprint density at radius 2 is 1.87 bits per heavy atom. The number of nitrogens with zero attached hydrogens (tertiary/aromatic N) is 3. The van der Waals surface area contributed by atoms with E-state index in [1.165, 1.54) is 11.8 Å². The molecule has 0 radical (unpaired) electrons. The first kappa shape index (κ1) is 21.3. The second-order valence-electron chi connectivity index (χ2n) is 8.60. The Bertz CT molecular complexity index is 923. The van der Waals surface area contributed by atoms with E-state index in [0.29, 0.717) is 12.5 Å². The highest BCUT2D eigenvalue weighted by molar-refractivity contribution is 7.88. The number of hydrogen-bond donors (Lipinski definition) is 1. The van der Waals surface area contributed by atoms with E-state index >= 15 is 0 Å². The highest BCUT2D eigenvalue weighted by atomic mass is 32.2. The molecule has 2 aromatic rings. The maximum Gasteiger partial charge on any atom is 0.209 e. The number of anilines is 1. The van der Waals surface area contributed by atoms with Gasteiger partial charge in [0.1, 0.15) is 0 Å². The van der Waals surface area contributed by atoms with Crippen molar-refractivity contribution in [1.82, 2.24) is 14.3 Å². The number of aryl methyl sites for hydroxylation is 1. The molecule has 2 heterocycles. The van der Waals surface area contributed by atoms with Crippen molar-refractivity contribution in [2.24, 2.45) is 7.05 Å². The fourth-order valence-corrected chi connectivity index (χ4v) is 5.70. The van der Waals surface area contributed by atoms with Crippen LogP contribution in [0.15, 0.2) is 42.7 Å². The van der Waals surface area contributed by atoms with Crippen molar-refractivity contribution < 1.29 is 13.2 Å². The van der Waals surface area contributed by atoms with Crippen LogP contribution >= 0.6 is 0 Å². The van der Waals surface area contributed by atoms with E-state index in [2.05, 4.69) is 44.9 Å². The van der Waals surface area contributed by atoms with Gasteiger partial charge in [0.2, 0.25) is 16.0 Å². The molecule has 1 aromatic heterocycles. The number of hydrogen-bond acceptors (Lipinski definition) is 5. The Hall–Kier alpha value is -1.90. The second-order valence-corrected chi connectivity index (χ2v) is 10.4. The molecule has 30 heavy (non-hydrogen) atoms. The number of rotatable bonds is 7. The minimum Gasteiger partial charge on any atom is -0.376 e. The molecule has 8 heteroatoms. The third-order valence-corrected chi connectivity index (χ3v) is 7.14. The van der Waals surface area contributed by atoms with Crippen LogP contribution in [0.5, 0.6) is 0 Å². The van der Waals surface area contributed by atoms with E-state index in [1.54, 1.807) is 6.20 Å². The Morgan fingerprint density at radius 3 is 2.50 bits per heavy atom. The van der Waals surface area contributed by atoms with Crippen LogP contribution in [0, 0.1) is 0 Å². The van der Waals surface area contributed by atoms with E-state index in [1.807, 2.05) is 17.8 Å². The lowest BCUT2D eigenvalue weighted by molar-refractivity contribution is 0.0155. The van der Waals surface area contributed by atoms with Gasteiger partial charge in [-0.1, -0.05) is 30.3 Å². The molecule has 0 bridgehead atoms. The third kappa shape index (κ3) is 5.04. The summed E-state index contributed by atoms with van der Waals surface area (Å²) < 4.78 is 34.9. The fourth-order valence-electron chi connectivity index (χ4n) is 4.88. The summed E-state index contributed by atoms with van der Waals surface area (Å²) in [6, 6.07) is 10.5. The minimum absolute atomic E-state index is 0.0623. The number of benzene rings is 1. The Balaban J connectivity index is 1.38. The summed E-state index contributed by atoms with van der Waals surface area (Å²) in [4.78, 5) is 6.65. The number of aromatic nitrogens is 2. The zero-order valence-corrected chi connectivity index (χ0v) is 18.6. The summed E-state index contributed by atoms with van der Waals surface area (Å²) in [7, 11) is -1.32. The molecular weight excluding hydrogens is 400 g/mol. The van der Waals surface area contributed by atoms with Crippen LogP contribution in [0.4, 0.5) is 5.95 Å². The van der Waals surface area contributed by atoms with Crippen molar-refractivity contribution in [2.75, 3.05) is 24.3 Å². The van der Waals surface area contributed by atoms with Crippen molar-refractivity contribution in [1.29, 1.82) is 0 Å². The Kier molecular flexibility index (Phi) is 6.46. The van der Waals surface area contributed by atoms with Gasteiger partial charge in [-0.05, 0) is 43.6 Å². The SMILES string of the molecule is Cn1ccnc1N1CC[C@H](NS(C)(=O)=O)[C@@H]1COC1CCC(c2ccccc2)CC1. The zero-order chi connectivity index (χ0) is 21.1. The molecule has 2 aliphatic rings. The first-order valence-corrected chi connectivity index (χ1v) is 12.7. The molecule has 0 spiro atoms. The highest BCUT2D eigenvalue weighted by Gasteiger charge is 2.38. The maximum absolute atomic E-state index is 11.9. The average molecular weight is 433 g/mol. The molecule has 7 nitrogen and oxygen atoms in total. The van der Waals surface area contributed by atoms with Crippen LogP contribution in [-0.4, -0.2) is 55.6 Å². The number of nitrogens with one attached hydrogen (secondary N) is 1. The lowest BCUT2D eigenvalue weighted by Crippen LogP contribution is -2.48. The Labute approximate surface area is 179 Å². The van der Waals surface area contributed by atoms with Gasteiger partial charge in [-0.2, -0.15) is 0 Å². The molecule has 2 atom stereocenters.